The van der Waals surface area contributed by atoms with Gasteiger partial charge in [0, 0.05) is 26.1 Å². The summed E-state index contributed by atoms with van der Waals surface area (Å²) in [7, 11) is -1.51. The molecular formula is C8H18ClNO3S. The maximum absolute atomic E-state index is 11.3. The maximum atomic E-state index is 11.3. The van der Waals surface area contributed by atoms with Crippen LogP contribution in [0.2, 0.25) is 0 Å². The summed E-state index contributed by atoms with van der Waals surface area (Å²) in [5.41, 5.74) is 0. The first kappa shape index (κ1) is 14.2. The van der Waals surface area contributed by atoms with E-state index in [4.69, 9.17) is 16.3 Å². The lowest BCUT2D eigenvalue weighted by atomic mass is 10.4. The van der Waals surface area contributed by atoms with E-state index in [0.29, 0.717) is 31.9 Å². The number of alkyl halides is 1. The van der Waals surface area contributed by atoms with Crippen LogP contribution in [0.15, 0.2) is 0 Å². The van der Waals surface area contributed by atoms with E-state index in [0.717, 1.165) is 6.42 Å². The van der Waals surface area contributed by atoms with Gasteiger partial charge in [0.1, 0.15) is 0 Å². The van der Waals surface area contributed by atoms with Crippen LogP contribution >= 0.6 is 11.6 Å². The molecule has 0 spiro atoms. The molecule has 1 N–H and O–H groups in total. The first-order valence-corrected chi connectivity index (χ1v) is 6.83. The molecule has 0 rings (SSSR count). The first-order chi connectivity index (χ1) is 6.62. The molecule has 0 radical (unpaired) electrons. The molecule has 0 fully saturated rings. The predicted molar refractivity (Wildman–Crippen MR) is 58.2 cm³/mol. The van der Waals surface area contributed by atoms with Gasteiger partial charge in [0.15, 0.2) is 0 Å². The Morgan fingerprint density at radius 2 is 2.00 bits per heavy atom. The minimum absolute atomic E-state index is 0.159. The SMILES string of the molecule is COCCCNS(=O)(=O)CCCCCl. The zero-order valence-electron chi connectivity index (χ0n) is 8.46. The first-order valence-electron chi connectivity index (χ1n) is 4.64. The lowest BCUT2D eigenvalue weighted by Gasteiger charge is -2.05. The molecule has 0 aromatic carbocycles. The Morgan fingerprint density at radius 3 is 2.57 bits per heavy atom. The molecular weight excluding hydrogens is 226 g/mol. The monoisotopic (exact) mass is 243 g/mol. The Balaban J connectivity index is 3.52. The van der Waals surface area contributed by atoms with Gasteiger partial charge in [0.25, 0.3) is 0 Å². The summed E-state index contributed by atoms with van der Waals surface area (Å²) in [6.07, 6.45) is 2.05. The zero-order valence-corrected chi connectivity index (χ0v) is 10.0. The Bertz CT molecular complexity index is 219. The average Bonchev–Trinajstić information content (AvgIpc) is 2.13. The molecule has 0 aromatic rings. The van der Waals surface area contributed by atoms with Crippen molar-refractivity contribution in [3.8, 4) is 0 Å². The number of nitrogens with one attached hydrogen (secondary N) is 1. The molecule has 0 saturated carbocycles. The largest absolute Gasteiger partial charge is 0.385 e. The van der Waals surface area contributed by atoms with Gasteiger partial charge in [-0.3, -0.25) is 0 Å². The lowest BCUT2D eigenvalue weighted by molar-refractivity contribution is 0.196. The fourth-order valence-electron chi connectivity index (χ4n) is 0.903. The van der Waals surface area contributed by atoms with Crippen LogP contribution in [0.4, 0.5) is 0 Å². The summed E-state index contributed by atoms with van der Waals surface area (Å²) in [5.74, 6) is 0.673. The second-order valence-corrected chi connectivity index (χ2v) is 5.26. The van der Waals surface area contributed by atoms with Gasteiger partial charge in [0.05, 0.1) is 5.75 Å². The number of hydrogen-bond acceptors (Lipinski definition) is 3. The summed E-state index contributed by atoms with van der Waals surface area (Å²) in [4.78, 5) is 0. The molecule has 0 saturated heterocycles. The molecule has 0 aliphatic carbocycles. The standard InChI is InChI=1S/C8H18ClNO3S/c1-13-7-4-6-10-14(11,12)8-3-2-5-9/h10H,2-8H2,1H3. The molecule has 0 aliphatic heterocycles. The third kappa shape index (κ3) is 8.74. The molecule has 6 heteroatoms. The quantitative estimate of drug-likeness (QED) is 0.485. The van der Waals surface area contributed by atoms with Crippen molar-refractivity contribution in [3.05, 3.63) is 0 Å². The highest BCUT2D eigenvalue weighted by atomic mass is 35.5. The smallest absolute Gasteiger partial charge is 0.211 e. The van der Waals surface area contributed by atoms with E-state index in [1.165, 1.54) is 0 Å². The van der Waals surface area contributed by atoms with Crippen molar-refractivity contribution < 1.29 is 13.2 Å². The van der Waals surface area contributed by atoms with Gasteiger partial charge in [-0.25, -0.2) is 13.1 Å². The highest BCUT2D eigenvalue weighted by Crippen LogP contribution is 1.96. The van der Waals surface area contributed by atoms with Gasteiger partial charge in [-0.2, -0.15) is 0 Å². The summed E-state index contributed by atoms with van der Waals surface area (Å²) < 4.78 is 29.9. The van der Waals surface area contributed by atoms with Gasteiger partial charge in [0.2, 0.25) is 10.0 Å². The van der Waals surface area contributed by atoms with Crippen LogP contribution in [0.5, 0.6) is 0 Å². The van der Waals surface area contributed by atoms with Crippen LogP contribution < -0.4 is 4.72 Å². The van der Waals surface area contributed by atoms with E-state index in [2.05, 4.69) is 4.72 Å². The summed E-state index contributed by atoms with van der Waals surface area (Å²) in [6, 6.07) is 0. The molecule has 4 nitrogen and oxygen atoms in total. The van der Waals surface area contributed by atoms with Crippen LogP contribution in [0.25, 0.3) is 0 Å². The molecule has 0 aromatic heterocycles. The van der Waals surface area contributed by atoms with Gasteiger partial charge < -0.3 is 4.74 Å². The molecule has 0 amide bonds. The van der Waals surface area contributed by atoms with E-state index in [1.807, 2.05) is 0 Å². The van der Waals surface area contributed by atoms with Crippen molar-refractivity contribution >= 4 is 21.6 Å². The second-order valence-electron chi connectivity index (χ2n) is 2.96. The third-order valence-corrected chi connectivity index (χ3v) is 3.38. The van der Waals surface area contributed by atoms with E-state index in [1.54, 1.807) is 7.11 Å². The second kappa shape index (κ2) is 8.47. The van der Waals surface area contributed by atoms with E-state index in [9.17, 15) is 8.42 Å². The van der Waals surface area contributed by atoms with E-state index < -0.39 is 10.0 Å². The number of hydrogen-bond donors (Lipinski definition) is 1. The predicted octanol–water partition coefficient (Wildman–Crippen LogP) is 0.961. The number of methoxy groups -OCH3 is 1. The minimum atomic E-state index is -3.10. The van der Waals surface area contributed by atoms with E-state index in [-0.39, 0.29) is 5.75 Å². The van der Waals surface area contributed by atoms with Gasteiger partial charge in [-0.1, -0.05) is 0 Å². The Hall–Kier alpha value is 0.160. The molecule has 0 bridgehead atoms. The van der Waals surface area contributed by atoms with Crippen LogP contribution in [-0.4, -0.2) is 40.3 Å². The van der Waals surface area contributed by atoms with Crippen molar-refractivity contribution in [2.45, 2.75) is 19.3 Å². The molecule has 0 atom stereocenters. The molecule has 86 valence electrons. The highest BCUT2D eigenvalue weighted by molar-refractivity contribution is 7.89. The Kier molecular flexibility index (Phi) is 8.56. The van der Waals surface area contributed by atoms with Crippen molar-refractivity contribution in [1.29, 1.82) is 0 Å². The van der Waals surface area contributed by atoms with Gasteiger partial charge in [-0.05, 0) is 19.3 Å². The summed E-state index contributed by atoms with van der Waals surface area (Å²) in [6.45, 7) is 1.02. The number of rotatable bonds is 9. The maximum Gasteiger partial charge on any atom is 0.211 e. The van der Waals surface area contributed by atoms with Crippen LogP contribution in [0.3, 0.4) is 0 Å². The van der Waals surface area contributed by atoms with Crippen molar-refractivity contribution in [1.82, 2.24) is 4.72 Å². The lowest BCUT2D eigenvalue weighted by Crippen LogP contribution is -2.28. The van der Waals surface area contributed by atoms with Crippen LogP contribution in [-0.2, 0) is 14.8 Å². The van der Waals surface area contributed by atoms with Crippen molar-refractivity contribution in [2.24, 2.45) is 0 Å². The van der Waals surface area contributed by atoms with Crippen LogP contribution in [0.1, 0.15) is 19.3 Å². The number of sulfonamides is 1. The van der Waals surface area contributed by atoms with E-state index >= 15 is 0 Å². The summed E-state index contributed by atoms with van der Waals surface area (Å²) >= 11 is 5.44. The van der Waals surface area contributed by atoms with Crippen LogP contribution in [0, 0.1) is 0 Å². The highest BCUT2D eigenvalue weighted by Gasteiger charge is 2.07. The molecule has 0 heterocycles. The fraction of sp³-hybridized carbons (Fsp3) is 1.00. The number of halogens is 1. The third-order valence-electron chi connectivity index (χ3n) is 1.64. The normalized spacial score (nSPS) is 11.9. The molecule has 0 aliphatic rings. The average molecular weight is 244 g/mol. The number of unbranched alkanes of at least 4 members (excludes halogenated alkanes) is 1. The Morgan fingerprint density at radius 1 is 1.29 bits per heavy atom. The minimum Gasteiger partial charge on any atom is -0.385 e. The number of ether oxygens (including phenoxy) is 1. The fourth-order valence-corrected chi connectivity index (χ4v) is 2.28. The molecule has 0 unspecified atom stereocenters. The van der Waals surface area contributed by atoms with Gasteiger partial charge in [-0.15, -0.1) is 11.6 Å². The summed E-state index contributed by atoms with van der Waals surface area (Å²) in [5, 5.41) is 0. The van der Waals surface area contributed by atoms with Crippen molar-refractivity contribution in [3.63, 3.8) is 0 Å². The zero-order chi connectivity index (χ0) is 10.9. The van der Waals surface area contributed by atoms with Crippen molar-refractivity contribution in [2.75, 3.05) is 31.9 Å². The van der Waals surface area contributed by atoms with Gasteiger partial charge >= 0.3 is 0 Å². The Labute approximate surface area is 91.0 Å². The topological polar surface area (TPSA) is 55.4 Å². The molecule has 14 heavy (non-hydrogen) atoms.